The van der Waals surface area contributed by atoms with E-state index < -0.39 is 0 Å². The fourth-order valence-electron chi connectivity index (χ4n) is 1.49. The smallest absolute Gasteiger partial charge is 0.252 e. The van der Waals surface area contributed by atoms with E-state index in [1.54, 1.807) is 11.3 Å². The molecule has 0 aliphatic rings. The van der Waals surface area contributed by atoms with Crippen LogP contribution >= 0.6 is 22.9 Å². The Hall–Kier alpha value is -0.540. The van der Waals surface area contributed by atoms with Crippen LogP contribution in [0, 0.1) is 12.8 Å². The molecule has 0 fully saturated rings. The number of rotatable bonds is 5. The second-order valence-corrected chi connectivity index (χ2v) is 5.77. The lowest BCUT2D eigenvalue weighted by molar-refractivity contribution is 0.0953. The summed E-state index contributed by atoms with van der Waals surface area (Å²) in [5.74, 6) is 0.537. The van der Waals surface area contributed by atoms with Gasteiger partial charge in [0.05, 0.1) is 10.9 Å². The third kappa shape index (κ3) is 4.14. The van der Waals surface area contributed by atoms with Crippen molar-refractivity contribution in [1.82, 2.24) is 5.32 Å². The van der Waals surface area contributed by atoms with E-state index in [1.165, 1.54) is 0 Å². The van der Waals surface area contributed by atoms with Gasteiger partial charge in [-0.2, -0.15) is 11.3 Å². The second-order valence-electron chi connectivity index (χ2n) is 4.41. The number of hydrogen-bond acceptors (Lipinski definition) is 2. The summed E-state index contributed by atoms with van der Waals surface area (Å²) in [6.07, 6.45) is 0.921. The van der Waals surface area contributed by atoms with Crippen molar-refractivity contribution in [1.29, 1.82) is 0 Å². The van der Waals surface area contributed by atoms with Crippen molar-refractivity contribution >= 4 is 28.8 Å². The number of nitrogens with one attached hydrogen (secondary N) is 1. The topological polar surface area (TPSA) is 29.1 Å². The molecule has 1 rings (SSSR count). The van der Waals surface area contributed by atoms with Gasteiger partial charge in [-0.25, -0.2) is 0 Å². The Morgan fingerprint density at radius 1 is 1.50 bits per heavy atom. The minimum absolute atomic E-state index is 0.0166. The maximum atomic E-state index is 11.8. The first-order valence-electron chi connectivity index (χ1n) is 5.45. The highest BCUT2D eigenvalue weighted by atomic mass is 35.5. The Labute approximate surface area is 106 Å². The maximum Gasteiger partial charge on any atom is 0.252 e. The van der Waals surface area contributed by atoms with Gasteiger partial charge in [-0.05, 0) is 30.2 Å². The van der Waals surface area contributed by atoms with Gasteiger partial charge >= 0.3 is 0 Å². The van der Waals surface area contributed by atoms with E-state index in [0.717, 1.165) is 17.5 Å². The fourth-order valence-corrected chi connectivity index (χ4v) is 2.75. The highest BCUT2D eigenvalue weighted by molar-refractivity contribution is 7.08. The molecule has 0 aliphatic carbocycles. The predicted octanol–water partition coefficient (Wildman–Crippen LogP) is 3.44. The molecule has 1 aromatic rings. The average molecular weight is 260 g/mol. The number of carbonyl (C=O) groups is 1. The summed E-state index contributed by atoms with van der Waals surface area (Å²) in [5, 5.41) is 6.73. The molecule has 1 aromatic heterocycles. The minimum Gasteiger partial charge on any atom is -0.351 e. The monoisotopic (exact) mass is 259 g/mol. The quantitative estimate of drug-likeness (QED) is 0.807. The number of halogens is 1. The summed E-state index contributed by atoms with van der Waals surface area (Å²) in [6.45, 7) is 6.73. The van der Waals surface area contributed by atoms with Crippen molar-refractivity contribution in [3.05, 3.63) is 21.9 Å². The number of alkyl halides is 1. The summed E-state index contributed by atoms with van der Waals surface area (Å²) in [6, 6.07) is 0. The van der Waals surface area contributed by atoms with Gasteiger partial charge in [-0.15, -0.1) is 11.6 Å². The van der Waals surface area contributed by atoms with Crippen LogP contribution in [-0.2, 0) is 0 Å². The van der Waals surface area contributed by atoms with Gasteiger partial charge in [0, 0.05) is 11.9 Å². The van der Waals surface area contributed by atoms with Crippen molar-refractivity contribution in [3.63, 3.8) is 0 Å². The van der Waals surface area contributed by atoms with Gasteiger partial charge in [-0.1, -0.05) is 13.8 Å². The first-order chi connectivity index (χ1) is 7.50. The second kappa shape index (κ2) is 6.26. The average Bonchev–Trinajstić information content (AvgIpc) is 2.60. The molecule has 4 heteroatoms. The molecular formula is C12H18ClNOS. The summed E-state index contributed by atoms with van der Waals surface area (Å²) in [4.78, 5) is 11.8. The van der Waals surface area contributed by atoms with Gasteiger partial charge in [0.2, 0.25) is 0 Å². The molecule has 1 N–H and O–H groups in total. The lowest BCUT2D eigenvalue weighted by Gasteiger charge is -2.12. The Morgan fingerprint density at radius 3 is 2.69 bits per heavy atom. The van der Waals surface area contributed by atoms with Crippen molar-refractivity contribution in [2.45, 2.75) is 32.6 Å². The Balaban J connectivity index is 2.39. The zero-order valence-electron chi connectivity index (χ0n) is 9.92. The minimum atomic E-state index is -0.0202. The van der Waals surface area contributed by atoms with Crippen molar-refractivity contribution in [2.75, 3.05) is 6.54 Å². The maximum absolute atomic E-state index is 11.8. The first-order valence-corrected chi connectivity index (χ1v) is 6.83. The van der Waals surface area contributed by atoms with Crippen LogP contribution in [0.4, 0.5) is 0 Å². The Morgan fingerprint density at radius 2 is 2.19 bits per heavy atom. The summed E-state index contributed by atoms with van der Waals surface area (Å²) in [5.41, 5.74) is 1.79. The molecule has 0 aliphatic heterocycles. The SMILES string of the molecule is Cc1cscc1C(=O)NCC(Cl)CC(C)C. The van der Waals surface area contributed by atoms with E-state index in [4.69, 9.17) is 11.6 Å². The Bertz CT molecular complexity index is 349. The zero-order chi connectivity index (χ0) is 12.1. The first kappa shape index (κ1) is 13.5. The van der Waals surface area contributed by atoms with Gasteiger partial charge in [0.15, 0.2) is 0 Å². The van der Waals surface area contributed by atoms with Gasteiger partial charge in [0.25, 0.3) is 5.91 Å². The normalized spacial score (nSPS) is 12.8. The van der Waals surface area contributed by atoms with Crippen molar-refractivity contribution in [3.8, 4) is 0 Å². The molecule has 2 nitrogen and oxygen atoms in total. The highest BCUT2D eigenvalue weighted by Crippen LogP contribution is 2.14. The molecule has 90 valence electrons. The molecular weight excluding hydrogens is 242 g/mol. The fraction of sp³-hybridized carbons (Fsp3) is 0.583. The Kier molecular flexibility index (Phi) is 5.29. The molecule has 1 atom stereocenters. The largest absolute Gasteiger partial charge is 0.351 e. The number of amides is 1. The number of aryl methyl sites for hydroxylation is 1. The summed E-state index contributed by atoms with van der Waals surface area (Å²) in [7, 11) is 0. The van der Waals surface area contributed by atoms with Crippen LogP contribution in [0.25, 0.3) is 0 Å². The number of hydrogen-bond donors (Lipinski definition) is 1. The molecule has 0 spiro atoms. The van der Waals surface area contributed by atoms with E-state index >= 15 is 0 Å². The van der Waals surface area contributed by atoms with Gasteiger partial charge < -0.3 is 5.32 Å². The molecule has 1 amide bonds. The van der Waals surface area contributed by atoms with Crippen molar-refractivity contribution in [2.24, 2.45) is 5.92 Å². The standard InChI is InChI=1S/C12H18ClNOS/c1-8(2)4-10(13)5-14-12(15)11-7-16-6-9(11)3/h6-8,10H,4-5H2,1-3H3,(H,14,15). The molecule has 1 heterocycles. The third-order valence-electron chi connectivity index (χ3n) is 2.31. The molecule has 16 heavy (non-hydrogen) atoms. The van der Waals surface area contributed by atoms with Crippen LogP contribution in [0.1, 0.15) is 36.2 Å². The lowest BCUT2D eigenvalue weighted by atomic mass is 10.1. The molecule has 0 saturated carbocycles. The summed E-state index contributed by atoms with van der Waals surface area (Å²) >= 11 is 7.65. The lowest BCUT2D eigenvalue weighted by Crippen LogP contribution is -2.30. The van der Waals surface area contributed by atoms with Crippen LogP contribution in [0.15, 0.2) is 10.8 Å². The van der Waals surface area contributed by atoms with E-state index in [2.05, 4.69) is 19.2 Å². The van der Waals surface area contributed by atoms with Crippen molar-refractivity contribution < 1.29 is 4.79 Å². The summed E-state index contributed by atoms with van der Waals surface area (Å²) < 4.78 is 0. The molecule has 0 aromatic carbocycles. The molecule has 0 bridgehead atoms. The number of carbonyl (C=O) groups excluding carboxylic acids is 1. The molecule has 0 radical (unpaired) electrons. The van der Waals surface area contributed by atoms with Crippen LogP contribution in [-0.4, -0.2) is 17.8 Å². The van der Waals surface area contributed by atoms with E-state index in [9.17, 15) is 4.79 Å². The highest BCUT2D eigenvalue weighted by Gasteiger charge is 2.12. The molecule has 1 unspecified atom stereocenters. The van der Waals surface area contributed by atoms with Gasteiger partial charge in [0.1, 0.15) is 0 Å². The van der Waals surface area contributed by atoms with E-state index in [1.807, 2.05) is 17.7 Å². The predicted molar refractivity (Wildman–Crippen MR) is 70.5 cm³/mol. The van der Waals surface area contributed by atoms with Crippen LogP contribution in [0.5, 0.6) is 0 Å². The van der Waals surface area contributed by atoms with Crippen LogP contribution in [0.2, 0.25) is 0 Å². The van der Waals surface area contributed by atoms with Gasteiger partial charge in [-0.3, -0.25) is 4.79 Å². The van der Waals surface area contributed by atoms with Crippen LogP contribution in [0.3, 0.4) is 0 Å². The molecule has 0 saturated heterocycles. The van der Waals surface area contributed by atoms with E-state index in [0.29, 0.717) is 12.5 Å². The third-order valence-corrected chi connectivity index (χ3v) is 3.51. The van der Waals surface area contributed by atoms with E-state index in [-0.39, 0.29) is 11.3 Å². The zero-order valence-corrected chi connectivity index (χ0v) is 11.5. The van der Waals surface area contributed by atoms with Crippen LogP contribution < -0.4 is 5.32 Å². The number of thiophene rings is 1.